The van der Waals surface area contributed by atoms with Crippen molar-refractivity contribution in [2.75, 3.05) is 5.32 Å². The number of thiophene rings is 1. The summed E-state index contributed by atoms with van der Waals surface area (Å²) in [6, 6.07) is 17.3. The molecule has 0 aliphatic carbocycles. The molecule has 5 heteroatoms. The van der Waals surface area contributed by atoms with Crippen LogP contribution in [0, 0.1) is 13.8 Å². The lowest BCUT2D eigenvalue weighted by atomic mass is 10.1. The maximum Gasteiger partial charge on any atom is 0.255 e. The monoisotopic (exact) mass is 390 g/mol. The second-order valence-electron chi connectivity index (χ2n) is 7.19. The highest BCUT2D eigenvalue weighted by molar-refractivity contribution is 7.10. The minimum atomic E-state index is -0.273. The van der Waals surface area contributed by atoms with Gasteiger partial charge in [-0.15, -0.1) is 11.3 Å². The van der Waals surface area contributed by atoms with Crippen LogP contribution in [0.1, 0.15) is 44.4 Å². The van der Waals surface area contributed by atoms with Crippen LogP contribution in [0.25, 0.3) is 0 Å². The van der Waals surface area contributed by atoms with E-state index in [9.17, 15) is 9.59 Å². The zero-order valence-electron chi connectivity index (χ0n) is 15.9. The number of carbonyl (C=O) groups excluding carboxylic acids is 2. The Morgan fingerprint density at radius 2 is 1.96 bits per heavy atom. The molecule has 0 fully saturated rings. The SMILES string of the molecule is Cc1ccc(NC(=O)C[C@H](c2cccs2)N2Cc3ccccc3C2=O)c(C)c1. The molecule has 4 rings (SSSR count). The number of benzene rings is 2. The Labute approximate surface area is 168 Å². The van der Waals surface area contributed by atoms with E-state index in [1.165, 1.54) is 0 Å². The van der Waals surface area contributed by atoms with Gasteiger partial charge in [-0.25, -0.2) is 0 Å². The number of nitrogens with zero attached hydrogens (tertiary/aromatic N) is 1. The Hall–Kier alpha value is -2.92. The summed E-state index contributed by atoms with van der Waals surface area (Å²) < 4.78 is 0. The van der Waals surface area contributed by atoms with Gasteiger partial charge in [-0.2, -0.15) is 0 Å². The summed E-state index contributed by atoms with van der Waals surface area (Å²) >= 11 is 1.58. The first-order valence-electron chi connectivity index (χ1n) is 9.32. The quantitative estimate of drug-likeness (QED) is 0.660. The van der Waals surface area contributed by atoms with Gasteiger partial charge in [0.1, 0.15) is 0 Å². The highest BCUT2D eigenvalue weighted by Crippen LogP contribution is 2.35. The number of amides is 2. The number of anilines is 1. The molecule has 3 aromatic rings. The normalized spacial score (nSPS) is 14.1. The lowest BCUT2D eigenvalue weighted by Crippen LogP contribution is -2.31. The second kappa shape index (κ2) is 7.60. The molecule has 0 saturated carbocycles. The lowest BCUT2D eigenvalue weighted by Gasteiger charge is -2.27. The van der Waals surface area contributed by atoms with Crippen LogP contribution in [0.4, 0.5) is 5.69 Å². The molecule has 0 spiro atoms. The van der Waals surface area contributed by atoms with Gasteiger partial charge in [0, 0.05) is 22.7 Å². The van der Waals surface area contributed by atoms with E-state index in [4.69, 9.17) is 0 Å². The summed E-state index contributed by atoms with van der Waals surface area (Å²) in [5.74, 6) is -0.0950. The van der Waals surface area contributed by atoms with Gasteiger partial charge in [-0.05, 0) is 48.6 Å². The van der Waals surface area contributed by atoms with Crippen molar-refractivity contribution in [3.05, 3.63) is 87.1 Å². The fraction of sp³-hybridized carbons (Fsp3) is 0.217. The van der Waals surface area contributed by atoms with Crippen LogP contribution >= 0.6 is 11.3 Å². The standard InChI is InChI=1S/C23H22N2O2S/c1-15-9-10-19(16(2)12-15)24-22(26)13-20(21-8-5-11-28-21)25-14-17-6-3-4-7-18(17)23(25)27/h3-12,20H,13-14H2,1-2H3,(H,24,26)/t20-/m1/s1. The number of aryl methyl sites for hydroxylation is 2. The van der Waals surface area contributed by atoms with Crippen molar-refractivity contribution in [3.63, 3.8) is 0 Å². The molecule has 1 aliphatic heterocycles. The van der Waals surface area contributed by atoms with Gasteiger partial charge in [0.05, 0.1) is 12.5 Å². The number of carbonyl (C=O) groups is 2. The summed E-state index contributed by atoms with van der Waals surface area (Å²) in [4.78, 5) is 28.7. The number of fused-ring (bicyclic) bond motifs is 1. The van der Waals surface area contributed by atoms with E-state index < -0.39 is 0 Å². The van der Waals surface area contributed by atoms with Crippen molar-refractivity contribution in [1.29, 1.82) is 0 Å². The van der Waals surface area contributed by atoms with E-state index in [2.05, 4.69) is 5.32 Å². The van der Waals surface area contributed by atoms with E-state index in [-0.39, 0.29) is 24.3 Å². The summed E-state index contributed by atoms with van der Waals surface area (Å²) in [7, 11) is 0. The number of nitrogens with one attached hydrogen (secondary N) is 1. The van der Waals surface area contributed by atoms with Gasteiger partial charge >= 0.3 is 0 Å². The third-order valence-electron chi connectivity index (χ3n) is 5.13. The Morgan fingerprint density at radius 3 is 2.68 bits per heavy atom. The van der Waals surface area contributed by atoms with Crippen molar-refractivity contribution in [2.24, 2.45) is 0 Å². The van der Waals surface area contributed by atoms with Crippen LogP contribution in [0.15, 0.2) is 60.0 Å². The van der Waals surface area contributed by atoms with Crippen LogP contribution in [0.5, 0.6) is 0 Å². The highest BCUT2D eigenvalue weighted by Gasteiger charge is 2.34. The molecule has 1 atom stereocenters. The fourth-order valence-electron chi connectivity index (χ4n) is 3.70. The van der Waals surface area contributed by atoms with Crippen LogP contribution in [0.3, 0.4) is 0 Å². The van der Waals surface area contributed by atoms with Crippen molar-refractivity contribution in [1.82, 2.24) is 4.90 Å². The summed E-state index contributed by atoms with van der Waals surface area (Å²) in [6.07, 6.45) is 0.230. The summed E-state index contributed by atoms with van der Waals surface area (Å²) in [6.45, 7) is 4.55. The molecule has 0 unspecified atom stereocenters. The van der Waals surface area contributed by atoms with Crippen LogP contribution < -0.4 is 5.32 Å². The number of rotatable bonds is 5. The van der Waals surface area contributed by atoms with Gasteiger partial charge in [0.25, 0.3) is 5.91 Å². The van der Waals surface area contributed by atoms with Gasteiger partial charge < -0.3 is 10.2 Å². The molecule has 0 saturated heterocycles. The average Bonchev–Trinajstić information content (AvgIpc) is 3.31. The summed E-state index contributed by atoms with van der Waals surface area (Å²) in [5.41, 5.74) is 4.76. The maximum atomic E-state index is 13.0. The molecule has 1 aromatic heterocycles. The molecule has 142 valence electrons. The Bertz CT molecular complexity index is 1030. The molecular formula is C23H22N2O2S. The topological polar surface area (TPSA) is 49.4 Å². The van der Waals surface area contributed by atoms with Crippen LogP contribution in [-0.4, -0.2) is 16.7 Å². The number of hydrogen-bond acceptors (Lipinski definition) is 3. The lowest BCUT2D eigenvalue weighted by molar-refractivity contribution is -0.117. The number of hydrogen-bond donors (Lipinski definition) is 1. The molecule has 2 aromatic carbocycles. The van der Waals surface area contributed by atoms with Gasteiger partial charge in [0.2, 0.25) is 5.91 Å². The van der Waals surface area contributed by atoms with Crippen molar-refractivity contribution < 1.29 is 9.59 Å². The Morgan fingerprint density at radius 1 is 1.14 bits per heavy atom. The van der Waals surface area contributed by atoms with Crippen molar-refractivity contribution in [3.8, 4) is 0 Å². The third-order valence-corrected chi connectivity index (χ3v) is 6.11. The van der Waals surface area contributed by atoms with E-state index in [0.29, 0.717) is 6.54 Å². The Kier molecular flexibility index (Phi) is 5.01. The first-order chi connectivity index (χ1) is 13.5. The predicted molar refractivity (Wildman–Crippen MR) is 113 cm³/mol. The van der Waals surface area contributed by atoms with Crippen LogP contribution in [0.2, 0.25) is 0 Å². The molecule has 4 nitrogen and oxygen atoms in total. The van der Waals surface area contributed by atoms with Gasteiger partial charge in [0.15, 0.2) is 0 Å². The summed E-state index contributed by atoms with van der Waals surface area (Å²) in [5, 5.41) is 5.00. The molecule has 28 heavy (non-hydrogen) atoms. The first kappa shape index (κ1) is 18.4. The Balaban J connectivity index is 1.56. The molecule has 2 heterocycles. The molecule has 0 bridgehead atoms. The zero-order chi connectivity index (χ0) is 19.7. The largest absolute Gasteiger partial charge is 0.326 e. The predicted octanol–water partition coefficient (Wildman–Crippen LogP) is 5.09. The van der Waals surface area contributed by atoms with Crippen molar-refractivity contribution >= 4 is 28.8 Å². The van der Waals surface area contributed by atoms with Crippen molar-refractivity contribution in [2.45, 2.75) is 32.9 Å². The second-order valence-corrected chi connectivity index (χ2v) is 8.17. The van der Waals surface area contributed by atoms with Crippen LogP contribution in [-0.2, 0) is 11.3 Å². The molecule has 1 aliphatic rings. The maximum absolute atomic E-state index is 13.0. The minimum Gasteiger partial charge on any atom is -0.326 e. The van der Waals surface area contributed by atoms with Gasteiger partial charge in [-0.3, -0.25) is 9.59 Å². The average molecular weight is 391 g/mol. The van der Waals surface area contributed by atoms with E-state index in [1.807, 2.05) is 78.7 Å². The first-order valence-corrected chi connectivity index (χ1v) is 10.2. The van der Waals surface area contributed by atoms with Gasteiger partial charge in [-0.1, -0.05) is 42.0 Å². The molecular weight excluding hydrogens is 368 g/mol. The highest BCUT2D eigenvalue weighted by atomic mass is 32.1. The zero-order valence-corrected chi connectivity index (χ0v) is 16.8. The molecule has 1 N–H and O–H groups in total. The van der Waals surface area contributed by atoms with E-state index >= 15 is 0 Å². The van der Waals surface area contributed by atoms with E-state index in [1.54, 1.807) is 11.3 Å². The smallest absolute Gasteiger partial charge is 0.255 e. The fourth-order valence-corrected chi connectivity index (χ4v) is 4.54. The minimum absolute atomic E-state index is 0.00619. The molecule has 2 amide bonds. The molecule has 0 radical (unpaired) electrons. The van der Waals surface area contributed by atoms with E-state index in [0.717, 1.165) is 32.8 Å². The third kappa shape index (κ3) is 3.58.